The predicted octanol–water partition coefficient (Wildman–Crippen LogP) is 0.580. The Hall–Kier alpha value is -2.64. The summed E-state index contributed by atoms with van der Waals surface area (Å²) < 4.78 is 2.59. The summed E-state index contributed by atoms with van der Waals surface area (Å²) in [5, 5.41) is 17.7. The van der Waals surface area contributed by atoms with E-state index in [1.807, 2.05) is 0 Å². The first-order valence-corrected chi connectivity index (χ1v) is 5.57. The number of aromatic nitrogens is 3. The Labute approximate surface area is 108 Å². The monoisotopic (exact) mass is 263 g/mol. The van der Waals surface area contributed by atoms with Crippen molar-refractivity contribution < 1.29 is 4.92 Å². The summed E-state index contributed by atoms with van der Waals surface area (Å²) >= 11 is 0. The minimum Gasteiger partial charge on any atom is -0.382 e. The van der Waals surface area contributed by atoms with Crippen LogP contribution in [-0.2, 0) is 13.6 Å². The van der Waals surface area contributed by atoms with Gasteiger partial charge in [0.15, 0.2) is 0 Å². The number of hydrogen-bond acceptors (Lipinski definition) is 5. The van der Waals surface area contributed by atoms with E-state index < -0.39 is 4.92 Å². The largest absolute Gasteiger partial charge is 0.382 e. The maximum atomic E-state index is 11.7. The van der Waals surface area contributed by atoms with E-state index in [9.17, 15) is 14.9 Å². The molecule has 0 fully saturated rings. The van der Waals surface area contributed by atoms with Gasteiger partial charge in [0.05, 0.1) is 11.5 Å². The lowest BCUT2D eigenvalue weighted by atomic mass is 10.1. The molecule has 0 radical (unpaired) electrons. The second-order valence-electron chi connectivity index (χ2n) is 4.00. The Balaban J connectivity index is 2.46. The van der Waals surface area contributed by atoms with Crippen molar-refractivity contribution in [3.63, 3.8) is 0 Å². The van der Waals surface area contributed by atoms with Crippen LogP contribution < -0.4 is 11.0 Å². The number of nitrogens with one attached hydrogen (secondary N) is 1. The molecule has 8 heteroatoms. The van der Waals surface area contributed by atoms with E-state index >= 15 is 0 Å². The molecule has 1 heterocycles. The Kier molecular flexibility index (Phi) is 3.32. The average molecular weight is 263 g/mol. The van der Waals surface area contributed by atoms with E-state index in [-0.39, 0.29) is 17.9 Å². The minimum absolute atomic E-state index is 0.0241. The van der Waals surface area contributed by atoms with Gasteiger partial charge in [-0.15, -0.1) is 0 Å². The molecule has 0 aliphatic carbocycles. The molecule has 0 spiro atoms. The second-order valence-corrected chi connectivity index (χ2v) is 4.00. The molecule has 1 N–H and O–H groups in total. The highest BCUT2D eigenvalue weighted by atomic mass is 16.6. The average Bonchev–Trinajstić information content (AvgIpc) is 2.70. The molecule has 19 heavy (non-hydrogen) atoms. The quantitative estimate of drug-likeness (QED) is 0.643. The Morgan fingerprint density at radius 1 is 1.47 bits per heavy atom. The van der Waals surface area contributed by atoms with Crippen LogP contribution in [0.25, 0.3) is 0 Å². The number of nitro groups is 1. The van der Waals surface area contributed by atoms with Crippen LogP contribution in [0.2, 0.25) is 0 Å². The molecule has 8 nitrogen and oxygen atoms in total. The zero-order valence-corrected chi connectivity index (χ0v) is 10.5. The van der Waals surface area contributed by atoms with Gasteiger partial charge in [-0.3, -0.25) is 14.7 Å². The zero-order chi connectivity index (χ0) is 14.0. The van der Waals surface area contributed by atoms with E-state index in [2.05, 4.69) is 10.4 Å². The number of benzene rings is 1. The van der Waals surface area contributed by atoms with Crippen molar-refractivity contribution >= 4 is 11.4 Å². The van der Waals surface area contributed by atoms with Crippen molar-refractivity contribution in [1.82, 2.24) is 14.3 Å². The summed E-state index contributed by atoms with van der Waals surface area (Å²) in [5.41, 5.74) is 0.736. The standard InChI is InChI=1S/C11H13N5O3/c1-12-10-8(4-3-5-9(10)16(18)19)6-15-11(17)14(2)7-13-15/h3-5,7,12H,6H2,1-2H3. The molecule has 0 aliphatic rings. The normalized spacial score (nSPS) is 10.4. The van der Waals surface area contributed by atoms with Crippen LogP contribution >= 0.6 is 0 Å². The van der Waals surface area contributed by atoms with E-state index in [4.69, 9.17) is 0 Å². The summed E-state index contributed by atoms with van der Waals surface area (Å²) in [7, 11) is 3.20. The maximum Gasteiger partial charge on any atom is 0.345 e. The van der Waals surface area contributed by atoms with Gasteiger partial charge in [0.1, 0.15) is 12.0 Å². The van der Waals surface area contributed by atoms with Gasteiger partial charge < -0.3 is 5.32 Å². The number of hydrogen-bond donors (Lipinski definition) is 1. The molecule has 100 valence electrons. The zero-order valence-electron chi connectivity index (χ0n) is 10.5. The maximum absolute atomic E-state index is 11.7. The van der Waals surface area contributed by atoms with Crippen LogP contribution in [0.1, 0.15) is 5.56 Å². The van der Waals surface area contributed by atoms with Crippen molar-refractivity contribution in [2.24, 2.45) is 7.05 Å². The van der Waals surface area contributed by atoms with Crippen molar-refractivity contribution in [2.45, 2.75) is 6.54 Å². The number of aryl methyl sites for hydroxylation is 1. The predicted molar refractivity (Wildman–Crippen MR) is 69.2 cm³/mol. The van der Waals surface area contributed by atoms with E-state index in [1.54, 1.807) is 26.2 Å². The molecule has 0 amide bonds. The Morgan fingerprint density at radius 3 is 2.74 bits per heavy atom. The van der Waals surface area contributed by atoms with E-state index in [0.717, 1.165) is 0 Å². The molecule has 0 saturated carbocycles. The van der Waals surface area contributed by atoms with Gasteiger partial charge >= 0.3 is 5.69 Å². The van der Waals surface area contributed by atoms with Gasteiger partial charge in [0.25, 0.3) is 5.69 Å². The molecule has 1 aromatic carbocycles. The van der Waals surface area contributed by atoms with Crippen LogP contribution in [0.15, 0.2) is 29.3 Å². The lowest BCUT2D eigenvalue weighted by molar-refractivity contribution is -0.384. The molecule has 2 rings (SSSR count). The summed E-state index contributed by atoms with van der Waals surface area (Å²) in [6.07, 6.45) is 1.40. The molecular formula is C11H13N5O3. The van der Waals surface area contributed by atoms with Crippen LogP contribution in [0.3, 0.4) is 0 Å². The van der Waals surface area contributed by atoms with E-state index in [1.165, 1.54) is 21.6 Å². The molecule has 0 aliphatic heterocycles. The fraction of sp³-hybridized carbons (Fsp3) is 0.273. The van der Waals surface area contributed by atoms with Gasteiger partial charge in [0, 0.05) is 25.7 Å². The molecule has 0 saturated heterocycles. The number of nitrogens with zero attached hydrogens (tertiary/aromatic N) is 4. The van der Waals surface area contributed by atoms with Gasteiger partial charge in [-0.2, -0.15) is 5.10 Å². The summed E-state index contributed by atoms with van der Waals surface area (Å²) in [6, 6.07) is 4.72. The lowest BCUT2D eigenvalue weighted by Gasteiger charge is -2.08. The van der Waals surface area contributed by atoms with Gasteiger partial charge in [0.2, 0.25) is 0 Å². The summed E-state index contributed by atoms with van der Waals surface area (Å²) in [4.78, 5) is 22.2. The number of para-hydroxylation sites is 1. The summed E-state index contributed by atoms with van der Waals surface area (Å²) in [5.74, 6) is 0. The van der Waals surface area contributed by atoms with Crippen molar-refractivity contribution in [3.05, 3.63) is 50.7 Å². The first-order chi connectivity index (χ1) is 9.04. The van der Waals surface area contributed by atoms with Gasteiger partial charge in [-0.25, -0.2) is 9.48 Å². The highest BCUT2D eigenvalue weighted by Gasteiger charge is 2.17. The highest BCUT2D eigenvalue weighted by molar-refractivity contribution is 5.66. The van der Waals surface area contributed by atoms with Crippen LogP contribution in [0, 0.1) is 10.1 Å². The number of rotatable bonds is 4. The first-order valence-electron chi connectivity index (χ1n) is 5.57. The fourth-order valence-corrected chi connectivity index (χ4v) is 1.85. The third kappa shape index (κ3) is 2.32. The summed E-state index contributed by atoms with van der Waals surface area (Å²) in [6.45, 7) is 0.178. The Bertz CT molecular complexity index is 673. The van der Waals surface area contributed by atoms with Crippen LogP contribution in [-0.4, -0.2) is 26.3 Å². The number of nitro benzene ring substituents is 1. The SMILES string of the molecule is CNc1c(Cn2ncn(C)c2=O)cccc1[N+](=O)[O-]. The third-order valence-corrected chi connectivity index (χ3v) is 2.78. The van der Waals surface area contributed by atoms with Crippen molar-refractivity contribution in [2.75, 3.05) is 12.4 Å². The molecule has 0 bridgehead atoms. The fourth-order valence-electron chi connectivity index (χ4n) is 1.85. The molecule has 0 unspecified atom stereocenters. The molecule has 2 aromatic rings. The lowest BCUT2D eigenvalue weighted by Crippen LogP contribution is -2.23. The smallest absolute Gasteiger partial charge is 0.345 e. The molecule has 1 aromatic heterocycles. The molecular weight excluding hydrogens is 250 g/mol. The van der Waals surface area contributed by atoms with E-state index in [0.29, 0.717) is 11.3 Å². The van der Waals surface area contributed by atoms with Crippen LogP contribution in [0.5, 0.6) is 0 Å². The second kappa shape index (κ2) is 4.92. The van der Waals surface area contributed by atoms with Crippen molar-refractivity contribution in [3.8, 4) is 0 Å². The minimum atomic E-state index is -0.462. The van der Waals surface area contributed by atoms with Crippen molar-refractivity contribution in [1.29, 1.82) is 0 Å². The highest BCUT2D eigenvalue weighted by Crippen LogP contribution is 2.27. The first kappa shape index (κ1) is 12.8. The van der Waals surface area contributed by atoms with Gasteiger partial charge in [-0.1, -0.05) is 12.1 Å². The molecule has 0 atom stereocenters. The topological polar surface area (TPSA) is 95.0 Å². The Morgan fingerprint density at radius 2 is 2.21 bits per heavy atom. The van der Waals surface area contributed by atoms with Gasteiger partial charge in [-0.05, 0) is 0 Å². The van der Waals surface area contributed by atoms with Crippen LogP contribution in [0.4, 0.5) is 11.4 Å². The third-order valence-electron chi connectivity index (χ3n) is 2.78. The number of anilines is 1.